The first-order chi connectivity index (χ1) is 14.9. The Morgan fingerprint density at radius 2 is 1.90 bits per heavy atom. The van der Waals surface area contributed by atoms with Gasteiger partial charge in [0.05, 0.1) is 23.4 Å². The van der Waals surface area contributed by atoms with Crippen LogP contribution in [-0.4, -0.2) is 45.7 Å². The number of benzene rings is 1. The maximum atomic E-state index is 13.1. The van der Waals surface area contributed by atoms with Crippen molar-refractivity contribution in [1.29, 1.82) is 0 Å². The Hall–Kier alpha value is -2.62. The lowest BCUT2D eigenvalue weighted by Crippen LogP contribution is -2.54. The molecule has 0 aliphatic carbocycles. The van der Waals surface area contributed by atoms with E-state index in [4.69, 9.17) is 4.74 Å². The summed E-state index contributed by atoms with van der Waals surface area (Å²) in [7, 11) is -2.24. The molecule has 0 saturated carbocycles. The lowest BCUT2D eigenvalue weighted by atomic mass is 10.1. The maximum absolute atomic E-state index is 13.1. The van der Waals surface area contributed by atoms with Gasteiger partial charge in [-0.3, -0.25) is 9.71 Å². The molecule has 1 aromatic carbocycles. The predicted molar refractivity (Wildman–Crippen MR) is 126 cm³/mol. The molecular weight excluding hydrogens is 432 g/mol. The van der Waals surface area contributed by atoms with E-state index in [2.05, 4.69) is 33.8 Å². The van der Waals surface area contributed by atoms with Gasteiger partial charge in [-0.05, 0) is 56.3 Å². The summed E-state index contributed by atoms with van der Waals surface area (Å²) >= 11 is 1.19. The molecule has 1 aliphatic heterocycles. The van der Waals surface area contributed by atoms with Crippen LogP contribution >= 0.6 is 11.3 Å². The fraction of sp³-hybridized carbons (Fsp3) is 0.318. The third kappa shape index (κ3) is 4.84. The van der Waals surface area contributed by atoms with Gasteiger partial charge in [0.15, 0.2) is 0 Å². The van der Waals surface area contributed by atoms with Crippen LogP contribution in [0.4, 0.5) is 11.4 Å². The second-order valence-corrected chi connectivity index (χ2v) is 10.7. The van der Waals surface area contributed by atoms with Crippen molar-refractivity contribution in [2.24, 2.45) is 0 Å². The molecule has 7 nitrogen and oxygen atoms in total. The number of methoxy groups -OCH3 is 1. The zero-order valence-corrected chi connectivity index (χ0v) is 19.3. The zero-order valence-electron chi connectivity index (χ0n) is 17.7. The van der Waals surface area contributed by atoms with Crippen LogP contribution in [0, 0.1) is 0 Å². The van der Waals surface area contributed by atoms with Crippen molar-refractivity contribution < 1.29 is 13.2 Å². The van der Waals surface area contributed by atoms with Crippen molar-refractivity contribution in [3.63, 3.8) is 0 Å². The van der Waals surface area contributed by atoms with Crippen molar-refractivity contribution >= 4 is 32.7 Å². The van der Waals surface area contributed by atoms with E-state index >= 15 is 0 Å². The summed E-state index contributed by atoms with van der Waals surface area (Å²) in [5.74, 6) is 0.477. The largest absolute Gasteiger partial charge is 0.495 e. The topological polar surface area (TPSA) is 83.6 Å². The van der Waals surface area contributed by atoms with Gasteiger partial charge in [-0.1, -0.05) is 6.07 Å². The van der Waals surface area contributed by atoms with Gasteiger partial charge in [0.1, 0.15) is 9.96 Å². The number of anilines is 2. The van der Waals surface area contributed by atoms with Crippen molar-refractivity contribution in [2.45, 2.75) is 30.1 Å². The number of sulfonamides is 1. The summed E-state index contributed by atoms with van der Waals surface area (Å²) < 4.78 is 34.6. The van der Waals surface area contributed by atoms with Gasteiger partial charge in [-0.2, -0.15) is 0 Å². The number of aromatic nitrogens is 1. The summed E-state index contributed by atoms with van der Waals surface area (Å²) in [6, 6.07) is 15.3. The molecule has 9 heteroatoms. The molecule has 2 atom stereocenters. The molecule has 2 aromatic heterocycles. The highest BCUT2D eigenvalue weighted by Gasteiger charge is 2.24. The number of nitrogens with one attached hydrogen (secondary N) is 2. The highest BCUT2D eigenvalue weighted by atomic mass is 32.2. The lowest BCUT2D eigenvalue weighted by Gasteiger charge is -2.38. The number of hydrogen-bond acceptors (Lipinski definition) is 7. The molecule has 0 bridgehead atoms. The standard InChI is InChI=1S/C22H26N4O3S2/c1-15-13-26(14-16(2)24-15)17-7-8-20(29-3)19(12-17)25-31(27,28)22-10-9-21(30-22)18-6-4-5-11-23-18/h4-12,15-16,24-25H,13-14H2,1-3H3. The second-order valence-electron chi connectivity index (χ2n) is 7.70. The Balaban J connectivity index is 1.61. The number of nitrogens with zero attached hydrogens (tertiary/aromatic N) is 2. The quantitative estimate of drug-likeness (QED) is 0.585. The SMILES string of the molecule is COc1ccc(N2CC(C)NC(C)C2)cc1NS(=O)(=O)c1ccc(-c2ccccn2)s1. The Bertz CT molecular complexity index is 1140. The lowest BCUT2D eigenvalue weighted by molar-refractivity contribution is 0.406. The third-order valence-electron chi connectivity index (χ3n) is 5.11. The summed E-state index contributed by atoms with van der Waals surface area (Å²) in [5, 5.41) is 3.51. The van der Waals surface area contributed by atoms with Crippen LogP contribution in [0.3, 0.4) is 0 Å². The molecule has 1 aliphatic rings. The van der Waals surface area contributed by atoms with E-state index in [9.17, 15) is 8.42 Å². The van der Waals surface area contributed by atoms with Crippen molar-refractivity contribution in [3.8, 4) is 16.3 Å². The number of thiophene rings is 1. The van der Waals surface area contributed by atoms with Gasteiger partial charge in [0.2, 0.25) is 0 Å². The summed E-state index contributed by atoms with van der Waals surface area (Å²) in [6.45, 7) is 5.99. The molecule has 164 valence electrons. The summed E-state index contributed by atoms with van der Waals surface area (Å²) in [6.07, 6.45) is 1.69. The van der Waals surface area contributed by atoms with Gasteiger partial charge < -0.3 is 15.0 Å². The molecule has 1 saturated heterocycles. The van der Waals surface area contributed by atoms with E-state index in [0.29, 0.717) is 23.5 Å². The number of hydrogen-bond donors (Lipinski definition) is 2. The summed E-state index contributed by atoms with van der Waals surface area (Å²) in [4.78, 5) is 7.35. The minimum absolute atomic E-state index is 0.227. The molecule has 2 unspecified atom stereocenters. The molecule has 3 aromatic rings. The van der Waals surface area contributed by atoms with Crippen molar-refractivity contribution in [3.05, 3.63) is 54.7 Å². The smallest absolute Gasteiger partial charge is 0.271 e. The van der Waals surface area contributed by atoms with Gasteiger partial charge in [0, 0.05) is 37.1 Å². The highest BCUT2D eigenvalue weighted by Crippen LogP contribution is 2.35. The van der Waals surface area contributed by atoms with Gasteiger partial charge >= 0.3 is 0 Å². The molecule has 0 amide bonds. The summed E-state index contributed by atoms with van der Waals surface area (Å²) in [5.41, 5.74) is 2.13. The number of rotatable bonds is 6. The van der Waals surface area contributed by atoms with E-state index in [1.165, 1.54) is 18.4 Å². The average Bonchev–Trinajstić information content (AvgIpc) is 3.25. The first-order valence-corrected chi connectivity index (χ1v) is 12.4. The molecule has 0 spiro atoms. The van der Waals surface area contributed by atoms with Crippen LogP contribution in [0.5, 0.6) is 5.75 Å². The highest BCUT2D eigenvalue weighted by molar-refractivity contribution is 7.94. The van der Waals surface area contributed by atoms with Crippen LogP contribution in [0.2, 0.25) is 0 Å². The van der Waals surface area contributed by atoms with Crippen LogP contribution in [-0.2, 0) is 10.0 Å². The van der Waals surface area contributed by atoms with Crippen LogP contribution in [0.1, 0.15) is 13.8 Å². The van der Waals surface area contributed by atoms with E-state index in [1.54, 1.807) is 24.4 Å². The van der Waals surface area contributed by atoms with Crippen LogP contribution < -0.4 is 19.7 Å². The molecule has 4 rings (SSSR count). The van der Waals surface area contributed by atoms with E-state index in [-0.39, 0.29) is 4.21 Å². The van der Waals surface area contributed by atoms with Crippen LogP contribution in [0.15, 0.2) is 58.9 Å². The van der Waals surface area contributed by atoms with E-state index in [0.717, 1.165) is 29.3 Å². The fourth-order valence-electron chi connectivity index (χ4n) is 3.82. The molecular formula is C22H26N4O3S2. The normalized spacial score (nSPS) is 19.3. The number of piperazine rings is 1. The third-order valence-corrected chi connectivity index (χ3v) is 8.08. The number of ether oxygens (including phenoxy) is 1. The number of pyridine rings is 1. The van der Waals surface area contributed by atoms with Crippen molar-refractivity contribution in [2.75, 3.05) is 29.8 Å². The first-order valence-electron chi connectivity index (χ1n) is 10.1. The van der Waals surface area contributed by atoms with Gasteiger partial charge in [-0.25, -0.2) is 8.42 Å². The molecule has 0 radical (unpaired) electrons. The Morgan fingerprint density at radius 1 is 1.13 bits per heavy atom. The fourth-order valence-corrected chi connectivity index (χ4v) is 6.16. The monoisotopic (exact) mass is 458 g/mol. The second kappa shape index (κ2) is 8.86. The van der Waals surface area contributed by atoms with Gasteiger partial charge in [0.25, 0.3) is 10.0 Å². The average molecular weight is 459 g/mol. The predicted octanol–water partition coefficient (Wildman–Crippen LogP) is 3.81. The Kier molecular flexibility index (Phi) is 6.17. The van der Waals surface area contributed by atoms with E-state index in [1.807, 2.05) is 30.3 Å². The maximum Gasteiger partial charge on any atom is 0.271 e. The first kappa shape index (κ1) is 21.6. The van der Waals surface area contributed by atoms with E-state index < -0.39 is 10.0 Å². The van der Waals surface area contributed by atoms with Crippen LogP contribution in [0.25, 0.3) is 10.6 Å². The minimum Gasteiger partial charge on any atom is -0.495 e. The molecule has 3 heterocycles. The van der Waals surface area contributed by atoms with Crippen molar-refractivity contribution in [1.82, 2.24) is 10.3 Å². The minimum atomic E-state index is -3.77. The molecule has 31 heavy (non-hydrogen) atoms. The Morgan fingerprint density at radius 3 is 2.58 bits per heavy atom. The van der Waals surface area contributed by atoms with Gasteiger partial charge in [-0.15, -0.1) is 11.3 Å². The zero-order chi connectivity index (χ0) is 22.0. The Labute approximate surface area is 187 Å². The molecule has 1 fully saturated rings. The molecule has 2 N–H and O–H groups in total.